The van der Waals surface area contributed by atoms with Crippen molar-refractivity contribution in [1.82, 2.24) is 4.90 Å². The number of carbonyl (C=O) groups is 2. The Labute approximate surface area is 210 Å². The van der Waals surface area contributed by atoms with Gasteiger partial charge in [0.05, 0.1) is 5.56 Å². The van der Waals surface area contributed by atoms with E-state index in [2.05, 4.69) is 24.3 Å². The maximum absolute atomic E-state index is 12.5. The minimum Gasteiger partial charge on any atom is -0.452 e. The number of rotatable bonds is 8. The molecule has 176 valence electrons. The van der Waals surface area contributed by atoms with Crippen molar-refractivity contribution in [2.75, 3.05) is 19.7 Å². The number of hydrogen-bond acceptors (Lipinski definition) is 4. The zero-order valence-corrected chi connectivity index (χ0v) is 20.6. The average Bonchev–Trinajstić information content (AvgIpc) is 2.88. The number of thioether (sulfide) groups is 1. The molecular weight excluding hydrogens is 466 g/mol. The van der Waals surface area contributed by atoms with Gasteiger partial charge in [-0.25, -0.2) is 4.79 Å². The second kappa shape index (κ2) is 12.1. The highest BCUT2D eigenvalue weighted by Crippen LogP contribution is 2.25. The number of piperidine rings is 1. The van der Waals surface area contributed by atoms with Crippen LogP contribution in [-0.2, 0) is 21.7 Å². The first kappa shape index (κ1) is 24.4. The summed E-state index contributed by atoms with van der Waals surface area (Å²) in [4.78, 5) is 27.9. The molecule has 0 N–H and O–H groups in total. The number of carbonyl (C=O) groups excluding carboxylic acids is 2. The van der Waals surface area contributed by atoms with E-state index in [1.807, 2.05) is 47.4 Å². The average molecular weight is 494 g/mol. The van der Waals surface area contributed by atoms with Crippen molar-refractivity contribution in [2.24, 2.45) is 5.92 Å². The van der Waals surface area contributed by atoms with Gasteiger partial charge in [0.15, 0.2) is 6.61 Å². The largest absolute Gasteiger partial charge is 0.452 e. The third kappa shape index (κ3) is 7.12. The summed E-state index contributed by atoms with van der Waals surface area (Å²) in [5.74, 6) is 0.785. The van der Waals surface area contributed by atoms with E-state index in [9.17, 15) is 9.59 Å². The monoisotopic (exact) mass is 493 g/mol. The van der Waals surface area contributed by atoms with Crippen LogP contribution in [0.3, 0.4) is 0 Å². The minimum atomic E-state index is -0.468. The SMILES string of the molecule is O=C(OCC(=O)N1CCC(Cc2ccccc2)CC1)c1ccc(CSc2ccc(Cl)cc2)cc1. The molecule has 1 aliphatic rings. The van der Waals surface area contributed by atoms with Crippen LogP contribution in [-0.4, -0.2) is 36.5 Å². The molecule has 4 rings (SSSR count). The van der Waals surface area contributed by atoms with Gasteiger partial charge < -0.3 is 9.64 Å². The lowest BCUT2D eigenvalue weighted by Crippen LogP contribution is -2.41. The standard InChI is InChI=1S/C28H28ClNO3S/c29-25-10-12-26(13-11-25)34-20-23-6-8-24(9-7-23)28(32)33-19-27(31)30-16-14-22(15-17-30)18-21-4-2-1-3-5-21/h1-13,22H,14-20H2. The van der Waals surface area contributed by atoms with Crippen LogP contribution in [0.4, 0.5) is 0 Å². The molecule has 6 heteroatoms. The first-order valence-electron chi connectivity index (χ1n) is 11.5. The molecule has 0 aliphatic carbocycles. The topological polar surface area (TPSA) is 46.6 Å². The minimum absolute atomic E-state index is 0.123. The Morgan fingerprint density at radius 1 is 0.882 bits per heavy atom. The normalized spacial score (nSPS) is 14.1. The molecule has 0 aromatic heterocycles. The summed E-state index contributed by atoms with van der Waals surface area (Å²) in [7, 11) is 0. The van der Waals surface area contributed by atoms with E-state index in [1.54, 1.807) is 23.9 Å². The van der Waals surface area contributed by atoms with Crippen LogP contribution in [0.1, 0.15) is 34.3 Å². The molecule has 0 saturated carbocycles. The van der Waals surface area contributed by atoms with Gasteiger partial charge in [0.25, 0.3) is 5.91 Å². The summed E-state index contributed by atoms with van der Waals surface area (Å²) in [6.07, 6.45) is 3.00. The summed E-state index contributed by atoms with van der Waals surface area (Å²) in [5.41, 5.74) is 2.90. The van der Waals surface area contributed by atoms with Gasteiger partial charge in [-0.15, -0.1) is 11.8 Å². The maximum atomic E-state index is 12.5. The van der Waals surface area contributed by atoms with Crippen LogP contribution in [0.25, 0.3) is 0 Å². The number of nitrogens with zero attached hydrogens (tertiary/aromatic N) is 1. The van der Waals surface area contributed by atoms with Crippen molar-refractivity contribution < 1.29 is 14.3 Å². The van der Waals surface area contributed by atoms with Gasteiger partial charge in [-0.1, -0.05) is 54.1 Å². The zero-order chi connectivity index (χ0) is 23.8. The van der Waals surface area contributed by atoms with Crippen molar-refractivity contribution in [3.05, 3.63) is 101 Å². The Balaban J connectivity index is 1.18. The molecule has 1 heterocycles. The summed E-state index contributed by atoms with van der Waals surface area (Å²) < 4.78 is 5.30. The lowest BCUT2D eigenvalue weighted by atomic mass is 9.90. The van der Waals surface area contributed by atoms with E-state index < -0.39 is 5.97 Å². The molecule has 0 unspecified atom stereocenters. The molecule has 1 aliphatic heterocycles. The summed E-state index contributed by atoms with van der Waals surface area (Å²) in [5, 5.41) is 0.721. The van der Waals surface area contributed by atoms with Gasteiger partial charge in [0.2, 0.25) is 0 Å². The predicted molar refractivity (Wildman–Crippen MR) is 137 cm³/mol. The number of amides is 1. The highest BCUT2D eigenvalue weighted by Gasteiger charge is 2.23. The van der Waals surface area contributed by atoms with Gasteiger partial charge in [-0.05, 0) is 72.7 Å². The van der Waals surface area contributed by atoms with Gasteiger partial charge >= 0.3 is 5.97 Å². The number of ether oxygens (including phenoxy) is 1. The molecule has 0 radical (unpaired) electrons. The molecule has 1 fully saturated rings. The van der Waals surface area contributed by atoms with Crippen molar-refractivity contribution in [3.8, 4) is 0 Å². The first-order valence-corrected chi connectivity index (χ1v) is 12.9. The summed E-state index contributed by atoms with van der Waals surface area (Å²) in [6, 6.07) is 25.5. The van der Waals surface area contributed by atoms with E-state index in [-0.39, 0.29) is 12.5 Å². The van der Waals surface area contributed by atoms with Crippen molar-refractivity contribution in [2.45, 2.75) is 29.9 Å². The molecule has 1 saturated heterocycles. The summed E-state index contributed by atoms with van der Waals surface area (Å²) >= 11 is 7.62. The quantitative estimate of drug-likeness (QED) is 0.274. The predicted octanol–water partition coefficient (Wildman–Crippen LogP) is 6.27. The van der Waals surface area contributed by atoms with Crippen LogP contribution < -0.4 is 0 Å². The Morgan fingerprint density at radius 2 is 1.56 bits per heavy atom. The fourth-order valence-electron chi connectivity index (χ4n) is 4.07. The Morgan fingerprint density at radius 3 is 2.24 bits per heavy atom. The summed E-state index contributed by atoms with van der Waals surface area (Å²) in [6.45, 7) is 1.22. The second-order valence-electron chi connectivity index (χ2n) is 8.53. The molecule has 0 spiro atoms. The third-order valence-electron chi connectivity index (χ3n) is 6.07. The molecule has 34 heavy (non-hydrogen) atoms. The molecule has 4 nitrogen and oxygen atoms in total. The van der Waals surface area contributed by atoms with Crippen LogP contribution in [0.5, 0.6) is 0 Å². The number of halogens is 1. The van der Waals surface area contributed by atoms with Crippen LogP contribution in [0, 0.1) is 5.92 Å². The number of likely N-dealkylation sites (tertiary alicyclic amines) is 1. The Hall–Kier alpha value is -2.76. The highest BCUT2D eigenvalue weighted by molar-refractivity contribution is 7.98. The molecular formula is C28H28ClNO3S. The van der Waals surface area contributed by atoms with E-state index in [0.717, 1.165) is 40.5 Å². The third-order valence-corrected chi connectivity index (χ3v) is 7.41. The smallest absolute Gasteiger partial charge is 0.338 e. The number of hydrogen-bond donors (Lipinski definition) is 0. The fraction of sp³-hybridized carbons (Fsp3) is 0.286. The first-order chi connectivity index (χ1) is 16.6. The Bertz CT molecular complexity index is 1080. The molecule has 0 atom stereocenters. The van der Waals surface area contributed by atoms with Crippen LogP contribution in [0.2, 0.25) is 5.02 Å². The lowest BCUT2D eigenvalue weighted by molar-refractivity contribution is -0.135. The van der Waals surface area contributed by atoms with Gasteiger partial charge in [-0.3, -0.25) is 4.79 Å². The number of benzene rings is 3. The highest BCUT2D eigenvalue weighted by atomic mass is 35.5. The van der Waals surface area contributed by atoms with Crippen molar-refractivity contribution in [3.63, 3.8) is 0 Å². The van der Waals surface area contributed by atoms with Gasteiger partial charge in [0.1, 0.15) is 0 Å². The molecule has 3 aromatic carbocycles. The van der Waals surface area contributed by atoms with Crippen molar-refractivity contribution >= 4 is 35.2 Å². The molecule has 0 bridgehead atoms. The van der Waals surface area contributed by atoms with Gasteiger partial charge in [-0.2, -0.15) is 0 Å². The van der Waals surface area contributed by atoms with E-state index in [1.165, 1.54) is 5.56 Å². The van der Waals surface area contributed by atoms with Crippen molar-refractivity contribution in [1.29, 1.82) is 0 Å². The zero-order valence-electron chi connectivity index (χ0n) is 19.0. The van der Waals surface area contributed by atoms with Crippen LogP contribution >= 0.6 is 23.4 Å². The van der Waals surface area contributed by atoms with Crippen LogP contribution in [0.15, 0.2) is 83.8 Å². The second-order valence-corrected chi connectivity index (χ2v) is 10.0. The van der Waals surface area contributed by atoms with E-state index in [0.29, 0.717) is 24.6 Å². The van der Waals surface area contributed by atoms with Gasteiger partial charge in [0, 0.05) is 28.8 Å². The van der Waals surface area contributed by atoms with E-state index in [4.69, 9.17) is 16.3 Å². The number of esters is 1. The molecule has 1 amide bonds. The van der Waals surface area contributed by atoms with E-state index >= 15 is 0 Å². The molecule has 3 aromatic rings. The Kier molecular flexibility index (Phi) is 8.67. The lowest BCUT2D eigenvalue weighted by Gasteiger charge is -2.32. The fourth-order valence-corrected chi connectivity index (χ4v) is 5.05. The maximum Gasteiger partial charge on any atom is 0.338 e.